The molecule has 1 aromatic heterocycles. The minimum Gasteiger partial charge on any atom is -0.469 e. The van der Waals surface area contributed by atoms with Gasteiger partial charge in [-0.1, -0.05) is 32.4 Å². The first-order valence-electron chi connectivity index (χ1n) is 12.8. The molecule has 2 amide bonds. The van der Waals surface area contributed by atoms with Crippen LogP contribution in [0.15, 0.2) is 36.3 Å². The number of fused-ring (bicyclic) bond motifs is 1. The Hall–Kier alpha value is -3.71. The van der Waals surface area contributed by atoms with Crippen molar-refractivity contribution in [1.82, 2.24) is 14.8 Å². The molecule has 3 heterocycles. The maximum atomic E-state index is 11.9. The lowest BCUT2D eigenvalue weighted by Gasteiger charge is -2.23. The highest BCUT2D eigenvalue weighted by molar-refractivity contribution is 6.35. The van der Waals surface area contributed by atoms with E-state index in [9.17, 15) is 14.4 Å². The van der Waals surface area contributed by atoms with Gasteiger partial charge in [0.2, 0.25) is 11.8 Å². The van der Waals surface area contributed by atoms with Gasteiger partial charge in [-0.3, -0.25) is 14.4 Å². The summed E-state index contributed by atoms with van der Waals surface area (Å²) in [6.07, 6.45) is 9.41. The number of nitrogens with two attached hydrogens (primary N) is 1. The largest absolute Gasteiger partial charge is 0.469 e. The highest BCUT2D eigenvalue weighted by Gasteiger charge is 2.23. The molecule has 0 bridgehead atoms. The fourth-order valence-electron chi connectivity index (χ4n) is 4.02. The maximum Gasteiger partial charge on any atom is 0.305 e. The van der Waals surface area contributed by atoms with E-state index in [1.807, 2.05) is 29.2 Å². The number of nitriles is 1. The number of amides is 2. The number of ether oxygens (including phenoxy) is 1. The number of benzene rings is 1. The molecule has 214 valence electrons. The number of nitrogens with zero attached hydrogens (tertiary/aromatic N) is 3. The molecule has 4 rings (SSSR count). The number of hydrogen-bond acceptors (Lipinski definition) is 7. The van der Waals surface area contributed by atoms with E-state index in [2.05, 4.69) is 15.0 Å². The first kappa shape index (κ1) is 33.3. The number of methoxy groups -OCH3 is 1. The topological polar surface area (TPSA) is 145 Å². The molecule has 10 nitrogen and oxygen atoms in total. The summed E-state index contributed by atoms with van der Waals surface area (Å²) < 4.78 is 4.26. The van der Waals surface area contributed by atoms with Gasteiger partial charge in [-0.05, 0) is 43.9 Å². The molecule has 0 radical (unpaired) electrons. The van der Waals surface area contributed by atoms with Crippen LogP contribution in [0.5, 0.6) is 0 Å². The Bertz CT molecular complexity index is 1140. The fourth-order valence-corrected chi connectivity index (χ4v) is 4.24. The highest BCUT2D eigenvalue weighted by atomic mass is 35.5. The zero-order chi connectivity index (χ0) is 27.9. The van der Waals surface area contributed by atoms with Crippen molar-refractivity contribution in [3.63, 3.8) is 0 Å². The Morgan fingerprint density at radius 1 is 1.21 bits per heavy atom. The fraction of sp³-hybridized carbons (Fsp3) is 0.500. The van der Waals surface area contributed by atoms with Gasteiger partial charge >= 0.3 is 5.97 Å². The van der Waals surface area contributed by atoms with E-state index >= 15 is 0 Å². The molecule has 1 aromatic carbocycles. The quantitative estimate of drug-likeness (QED) is 0.352. The Morgan fingerprint density at radius 2 is 1.90 bits per heavy atom. The monoisotopic (exact) mass is 560 g/mol. The number of halogens is 1. The summed E-state index contributed by atoms with van der Waals surface area (Å²) in [5.74, 6) is 0.437. The van der Waals surface area contributed by atoms with Gasteiger partial charge < -0.3 is 30.6 Å². The Labute approximate surface area is 236 Å². The minimum absolute atomic E-state index is 0. The van der Waals surface area contributed by atoms with Crippen LogP contribution in [0.1, 0.15) is 59.3 Å². The van der Waals surface area contributed by atoms with Crippen LogP contribution in [0, 0.1) is 11.3 Å². The van der Waals surface area contributed by atoms with Crippen molar-refractivity contribution >= 4 is 46.0 Å². The van der Waals surface area contributed by atoms with Gasteiger partial charge in [0.1, 0.15) is 5.82 Å². The molecule has 0 unspecified atom stereocenters. The molecule has 0 spiro atoms. The SMILES string of the molecule is C.CCC(=O)OC.N#C/C=C(\N)Nc1ccc2c(Cl)c[nH]c2c1.O=C(CN1CCCCCC1=O)N1CCCC1. The lowest BCUT2D eigenvalue weighted by atomic mass is 10.2. The van der Waals surface area contributed by atoms with Gasteiger partial charge in [0, 0.05) is 55.3 Å². The smallest absolute Gasteiger partial charge is 0.305 e. The third kappa shape index (κ3) is 11.3. The summed E-state index contributed by atoms with van der Waals surface area (Å²) in [5, 5.41) is 13.0. The van der Waals surface area contributed by atoms with Gasteiger partial charge in [-0.2, -0.15) is 5.26 Å². The number of esters is 1. The number of likely N-dealkylation sites (tertiary alicyclic amines) is 2. The van der Waals surface area contributed by atoms with E-state index < -0.39 is 0 Å². The zero-order valence-corrected chi connectivity index (χ0v) is 22.9. The van der Waals surface area contributed by atoms with Crippen molar-refractivity contribution in [2.24, 2.45) is 5.73 Å². The van der Waals surface area contributed by atoms with E-state index in [0.717, 1.165) is 68.3 Å². The van der Waals surface area contributed by atoms with Gasteiger partial charge in [0.25, 0.3) is 0 Å². The first-order valence-corrected chi connectivity index (χ1v) is 13.2. The number of carbonyl (C=O) groups excluding carboxylic acids is 3. The molecular formula is C28H41ClN6O4. The number of H-pyrrole nitrogens is 1. The van der Waals surface area contributed by atoms with Crippen molar-refractivity contribution in [2.75, 3.05) is 38.6 Å². The van der Waals surface area contributed by atoms with Crippen molar-refractivity contribution in [3.8, 4) is 6.07 Å². The van der Waals surface area contributed by atoms with Gasteiger partial charge in [0.15, 0.2) is 0 Å². The highest BCUT2D eigenvalue weighted by Crippen LogP contribution is 2.25. The number of aromatic nitrogens is 1. The van der Waals surface area contributed by atoms with Crippen LogP contribution in [0.4, 0.5) is 5.69 Å². The summed E-state index contributed by atoms with van der Waals surface area (Å²) in [4.78, 5) is 40.2. The minimum atomic E-state index is -0.157. The molecule has 0 atom stereocenters. The van der Waals surface area contributed by atoms with Crippen molar-refractivity contribution in [3.05, 3.63) is 41.3 Å². The number of carbonyl (C=O) groups is 3. The number of anilines is 1. The Morgan fingerprint density at radius 3 is 2.51 bits per heavy atom. The second-order valence-electron chi connectivity index (χ2n) is 8.89. The number of nitrogens with one attached hydrogen (secondary N) is 2. The second kappa shape index (κ2) is 17.7. The molecule has 11 heteroatoms. The zero-order valence-electron chi connectivity index (χ0n) is 22.1. The van der Waals surface area contributed by atoms with Crippen LogP contribution in [0.3, 0.4) is 0 Å². The van der Waals surface area contributed by atoms with Crippen molar-refractivity contribution in [1.29, 1.82) is 5.26 Å². The van der Waals surface area contributed by atoms with Crippen LogP contribution in [0.25, 0.3) is 10.9 Å². The van der Waals surface area contributed by atoms with E-state index in [1.54, 1.807) is 18.0 Å². The first-order chi connectivity index (χ1) is 18.3. The van der Waals surface area contributed by atoms with Crippen molar-refractivity contribution in [2.45, 2.75) is 59.3 Å². The molecule has 0 saturated carbocycles. The molecule has 2 saturated heterocycles. The molecule has 4 N–H and O–H groups in total. The molecule has 2 aliphatic rings. The van der Waals surface area contributed by atoms with Crippen LogP contribution in [-0.2, 0) is 19.1 Å². The summed E-state index contributed by atoms with van der Waals surface area (Å²) in [7, 11) is 1.38. The Kier molecular flexibility index (Phi) is 15.2. The van der Waals surface area contributed by atoms with E-state index in [0.29, 0.717) is 30.2 Å². The number of rotatable bonds is 5. The van der Waals surface area contributed by atoms with Crippen LogP contribution < -0.4 is 11.1 Å². The molecule has 0 aliphatic carbocycles. The predicted octanol–water partition coefficient (Wildman–Crippen LogP) is 4.77. The average molecular weight is 561 g/mol. The van der Waals surface area contributed by atoms with Gasteiger partial charge in [-0.25, -0.2) is 0 Å². The molecule has 2 fully saturated rings. The number of allylic oxidation sites excluding steroid dienone is 1. The lowest BCUT2D eigenvalue weighted by Crippen LogP contribution is -2.41. The van der Waals surface area contributed by atoms with E-state index in [4.69, 9.17) is 22.6 Å². The molecule has 2 aliphatic heterocycles. The maximum absolute atomic E-state index is 11.9. The van der Waals surface area contributed by atoms with Gasteiger partial charge in [-0.15, -0.1) is 0 Å². The van der Waals surface area contributed by atoms with Crippen molar-refractivity contribution < 1.29 is 19.1 Å². The molecule has 2 aromatic rings. The average Bonchev–Trinajstić information content (AvgIpc) is 3.53. The van der Waals surface area contributed by atoms with E-state index in [-0.39, 0.29) is 25.2 Å². The number of hydrogen-bond donors (Lipinski definition) is 3. The second-order valence-corrected chi connectivity index (χ2v) is 9.30. The molecule has 39 heavy (non-hydrogen) atoms. The summed E-state index contributed by atoms with van der Waals surface area (Å²) >= 11 is 5.95. The summed E-state index contributed by atoms with van der Waals surface area (Å²) in [6.45, 7) is 4.57. The Balaban J connectivity index is 0.000000318. The standard InChI is InChI=1S/C12H20N2O2.C11H9ClN4.C4H8O2.CH4/c15-11-6-2-1-3-9-14(11)10-12(16)13-7-4-5-8-13;12-9-6-15-10-5-7(1-2-8(9)10)16-11(14)3-4-13;1-3-4(5)6-2;/h1-10H2;1-3,5-6,15-16H,14H2;3H2,1-2H3;1H4/b;11-3+;;. The van der Waals surface area contributed by atoms with Crippen LogP contribution in [0.2, 0.25) is 5.02 Å². The van der Waals surface area contributed by atoms with Gasteiger partial charge in [0.05, 0.1) is 30.8 Å². The lowest BCUT2D eigenvalue weighted by molar-refractivity contribution is -0.140. The predicted molar refractivity (Wildman–Crippen MR) is 155 cm³/mol. The van der Waals surface area contributed by atoms with Crippen LogP contribution >= 0.6 is 11.6 Å². The normalized spacial score (nSPS) is 15.0. The van der Waals surface area contributed by atoms with Crippen LogP contribution in [-0.4, -0.2) is 65.9 Å². The third-order valence-corrected chi connectivity index (χ3v) is 6.43. The summed E-state index contributed by atoms with van der Waals surface area (Å²) in [5.41, 5.74) is 7.27. The summed E-state index contributed by atoms with van der Waals surface area (Å²) in [6, 6.07) is 7.46. The molecular weight excluding hydrogens is 520 g/mol. The number of aromatic amines is 1. The van der Waals surface area contributed by atoms with E-state index in [1.165, 1.54) is 13.2 Å². The third-order valence-electron chi connectivity index (χ3n) is 6.11.